The summed E-state index contributed by atoms with van der Waals surface area (Å²) in [5.41, 5.74) is 8.94. The fourth-order valence-corrected chi connectivity index (χ4v) is 0. The van der Waals surface area contributed by atoms with Crippen molar-refractivity contribution in [3.63, 3.8) is 0 Å². The molecule has 19 heavy (non-hydrogen) atoms. The fraction of sp³-hybridized carbons (Fsp3) is 0.750. The number of guanidine groups is 1. The van der Waals surface area contributed by atoms with E-state index in [2.05, 4.69) is 11.5 Å². The Morgan fingerprint density at radius 1 is 0.737 bits per heavy atom. The van der Waals surface area contributed by atoms with Gasteiger partial charge in [0.25, 0.3) is 30.4 Å². The molecule has 12 nitrogen and oxygen atoms in total. The predicted octanol–water partition coefficient (Wildman–Crippen LogP) is -2.65. The van der Waals surface area contributed by atoms with Crippen LogP contribution in [0.2, 0.25) is 0 Å². The predicted molar refractivity (Wildman–Crippen MR) is 68.5 cm³/mol. The first-order chi connectivity index (χ1) is 7.73. The highest BCUT2D eigenvalue weighted by Gasteiger charge is 1.82. The average Bonchev–Trinajstić information content (AvgIpc) is 1.66. The van der Waals surface area contributed by atoms with Gasteiger partial charge in [-0.2, -0.15) is 25.3 Å². The summed E-state index contributed by atoms with van der Waals surface area (Å²) in [6.45, 7) is 0. The van der Waals surface area contributed by atoms with Gasteiger partial charge in [-0.15, -0.1) is 0 Å². The first kappa shape index (κ1) is 26.5. The Balaban J connectivity index is -0.0000000793. The third-order valence-corrected chi connectivity index (χ3v) is 0. The second-order valence-electron chi connectivity index (χ2n) is 2.65. The Morgan fingerprint density at radius 2 is 0.737 bits per heavy atom. The zero-order valence-corrected chi connectivity index (χ0v) is 12.6. The zero-order valence-electron chi connectivity index (χ0n) is 10.2. The fourth-order valence-electron chi connectivity index (χ4n) is 0. The summed E-state index contributed by atoms with van der Waals surface area (Å²) in [6, 6.07) is 0. The van der Waals surface area contributed by atoms with Crippen LogP contribution in [-0.2, 0) is 30.4 Å². The number of nitrogens with one attached hydrogen (secondary N) is 1. The molecule has 0 aliphatic rings. The van der Waals surface area contributed by atoms with Gasteiger partial charge in [0.2, 0.25) is 0 Å². The first-order valence-corrected chi connectivity index (χ1v) is 9.14. The molecule has 0 aliphatic heterocycles. The number of hydrogen-bond acceptors (Lipinski definition) is 7. The molecule has 0 spiro atoms. The topological polar surface area (TPSA) is 239 Å². The van der Waals surface area contributed by atoms with Crippen LogP contribution < -0.4 is 11.5 Å². The van der Waals surface area contributed by atoms with Crippen molar-refractivity contribution in [1.82, 2.24) is 0 Å². The molecule has 0 atom stereocenters. The molecule has 0 fully saturated rings. The highest BCUT2D eigenvalue weighted by molar-refractivity contribution is 7.85. The van der Waals surface area contributed by atoms with Crippen LogP contribution in [0.1, 0.15) is 0 Å². The molecule has 0 saturated carbocycles. The maximum absolute atomic E-state index is 9.19. The third kappa shape index (κ3) is 3820. The minimum Gasteiger partial charge on any atom is -0.370 e. The van der Waals surface area contributed by atoms with E-state index in [9.17, 15) is 25.3 Å². The lowest BCUT2D eigenvalue weighted by Gasteiger charge is -1.69. The van der Waals surface area contributed by atoms with E-state index in [0.29, 0.717) is 18.8 Å². The third-order valence-electron chi connectivity index (χ3n) is 0. The second kappa shape index (κ2) is 10.9. The van der Waals surface area contributed by atoms with Crippen LogP contribution in [-0.4, -0.2) is 63.6 Å². The highest BCUT2D eigenvalue weighted by Crippen LogP contribution is 1.61. The van der Waals surface area contributed by atoms with E-state index in [1.54, 1.807) is 0 Å². The van der Waals surface area contributed by atoms with Gasteiger partial charge in [0.1, 0.15) is 0 Å². The maximum Gasteiger partial charge on any atom is 0.261 e. The molecule has 0 saturated heterocycles. The quantitative estimate of drug-likeness (QED) is 0.150. The second-order valence-corrected chi connectivity index (χ2v) is 7.05. The Labute approximate surface area is 111 Å². The molecule has 0 unspecified atom stereocenters. The SMILES string of the molecule is CS(=O)(=O)O.CS(=O)(=O)O.CS(=O)(=O)O.N=C(N)N. The lowest BCUT2D eigenvalue weighted by Crippen LogP contribution is -2.20. The normalized spacial score (nSPS) is 10.4. The molecule has 0 aliphatic carbocycles. The molecule has 0 rings (SSSR count). The Morgan fingerprint density at radius 3 is 0.737 bits per heavy atom. The van der Waals surface area contributed by atoms with E-state index in [1.807, 2.05) is 0 Å². The minimum absolute atomic E-state index is 0.333. The van der Waals surface area contributed by atoms with Gasteiger partial charge in [-0.25, -0.2) is 0 Å². The Bertz CT molecular complexity index is 432. The number of rotatable bonds is 0. The first-order valence-electron chi connectivity index (χ1n) is 3.60. The van der Waals surface area contributed by atoms with Crippen LogP contribution in [0.5, 0.6) is 0 Å². The lowest BCUT2D eigenvalue weighted by atomic mass is 11.1. The van der Waals surface area contributed by atoms with E-state index >= 15 is 0 Å². The maximum atomic E-state index is 9.19. The van der Waals surface area contributed by atoms with Crippen molar-refractivity contribution in [2.45, 2.75) is 0 Å². The van der Waals surface area contributed by atoms with Gasteiger partial charge in [-0.3, -0.25) is 19.1 Å². The zero-order chi connectivity index (χ0) is 17.1. The average molecular weight is 347 g/mol. The van der Waals surface area contributed by atoms with Gasteiger partial charge in [-0.1, -0.05) is 0 Å². The van der Waals surface area contributed by atoms with Crippen LogP contribution in [0.3, 0.4) is 0 Å². The molecule has 0 heterocycles. The van der Waals surface area contributed by atoms with Gasteiger partial charge in [0, 0.05) is 0 Å². The molecule has 0 aromatic carbocycles. The van der Waals surface area contributed by atoms with Crippen LogP contribution in [0.15, 0.2) is 0 Å². The van der Waals surface area contributed by atoms with Crippen molar-refractivity contribution in [2.75, 3.05) is 18.8 Å². The molecule has 15 heteroatoms. The van der Waals surface area contributed by atoms with Gasteiger partial charge in [0.05, 0.1) is 18.8 Å². The summed E-state index contributed by atoms with van der Waals surface area (Å²) in [5, 5.41) is 6.06. The van der Waals surface area contributed by atoms with E-state index < -0.39 is 30.4 Å². The summed E-state index contributed by atoms with van der Waals surface area (Å²) in [4.78, 5) is 0. The van der Waals surface area contributed by atoms with Gasteiger partial charge >= 0.3 is 0 Å². The molecular weight excluding hydrogens is 330 g/mol. The summed E-state index contributed by atoms with van der Waals surface area (Å²) in [7, 11) is -11.0. The van der Waals surface area contributed by atoms with Crippen LogP contribution >= 0.6 is 0 Å². The summed E-state index contributed by atoms with van der Waals surface area (Å²) in [5.74, 6) is -0.333. The van der Waals surface area contributed by atoms with E-state index in [4.69, 9.17) is 19.1 Å². The van der Waals surface area contributed by atoms with Gasteiger partial charge in [-0.05, 0) is 0 Å². The summed E-state index contributed by atoms with van der Waals surface area (Å²) >= 11 is 0. The van der Waals surface area contributed by atoms with Crippen molar-refractivity contribution in [3.05, 3.63) is 0 Å². The molecule has 0 aromatic rings. The van der Waals surface area contributed by atoms with Crippen molar-refractivity contribution in [3.8, 4) is 0 Å². The van der Waals surface area contributed by atoms with Gasteiger partial charge in [0.15, 0.2) is 5.96 Å². The monoisotopic (exact) mass is 347 g/mol. The molecule has 120 valence electrons. The Hall–Kier alpha value is -1.00. The van der Waals surface area contributed by atoms with E-state index in [0.717, 1.165) is 0 Å². The van der Waals surface area contributed by atoms with Crippen molar-refractivity contribution in [1.29, 1.82) is 5.41 Å². The van der Waals surface area contributed by atoms with Gasteiger partial charge < -0.3 is 11.5 Å². The summed E-state index contributed by atoms with van der Waals surface area (Å²) in [6.07, 6.45) is 2.15. The summed E-state index contributed by atoms with van der Waals surface area (Å²) < 4.78 is 77.6. The van der Waals surface area contributed by atoms with E-state index in [-0.39, 0.29) is 5.96 Å². The van der Waals surface area contributed by atoms with Crippen LogP contribution in [0.25, 0.3) is 0 Å². The lowest BCUT2D eigenvalue weighted by molar-refractivity contribution is 0.488. The number of hydrogen-bond donors (Lipinski definition) is 6. The van der Waals surface area contributed by atoms with Crippen molar-refractivity contribution >= 4 is 36.3 Å². The smallest absolute Gasteiger partial charge is 0.261 e. The molecule has 0 radical (unpaired) electrons. The molecular formula is C4H17N3O9S3. The van der Waals surface area contributed by atoms with Crippen molar-refractivity contribution < 1.29 is 38.9 Å². The standard InChI is InChI=1S/CH5N3.3CH4O3S/c2-1(3)4;3*1-5(2,3)4/h(H5,2,3,4);3*1H3,(H,2,3,4). The molecule has 8 N–H and O–H groups in total. The molecule has 0 aromatic heterocycles. The van der Waals surface area contributed by atoms with E-state index in [1.165, 1.54) is 0 Å². The number of nitrogens with two attached hydrogens (primary N) is 2. The minimum atomic E-state index is -3.67. The molecule has 0 bridgehead atoms. The molecule has 0 amide bonds. The highest BCUT2D eigenvalue weighted by atomic mass is 32.2. The van der Waals surface area contributed by atoms with Crippen LogP contribution in [0.4, 0.5) is 0 Å². The van der Waals surface area contributed by atoms with Crippen LogP contribution in [0, 0.1) is 5.41 Å². The Kier molecular flexibility index (Phi) is 15.2. The van der Waals surface area contributed by atoms with Crippen molar-refractivity contribution in [2.24, 2.45) is 11.5 Å². The largest absolute Gasteiger partial charge is 0.370 e.